The normalized spacial score (nSPS) is 30.2. The lowest BCUT2D eigenvalue weighted by Gasteiger charge is -2.39. The smallest absolute Gasteiger partial charge is 0.408 e. The highest BCUT2D eigenvalue weighted by Gasteiger charge is 2.51. The van der Waals surface area contributed by atoms with Crippen LogP contribution in [-0.4, -0.2) is 92.0 Å². The third-order valence-electron chi connectivity index (χ3n) is 8.69. The number of benzene rings is 1. The van der Waals surface area contributed by atoms with Gasteiger partial charge in [0.1, 0.15) is 11.2 Å². The molecule has 0 saturated carbocycles. The fraction of sp³-hybridized carbons (Fsp3) is 0.750. The molecule has 236 valence electrons. The number of fused-ring (bicyclic) bond motifs is 2. The van der Waals surface area contributed by atoms with Gasteiger partial charge in [-0.05, 0) is 66.9 Å². The van der Waals surface area contributed by atoms with E-state index in [1.54, 1.807) is 0 Å². The summed E-state index contributed by atoms with van der Waals surface area (Å²) in [5.41, 5.74) is -0.0799. The van der Waals surface area contributed by atoms with Crippen molar-refractivity contribution in [2.24, 2.45) is 11.8 Å². The van der Waals surface area contributed by atoms with Gasteiger partial charge in [0, 0.05) is 57.3 Å². The molecule has 1 aromatic rings. The Labute approximate surface area is 251 Å². The van der Waals surface area contributed by atoms with Crippen molar-refractivity contribution < 1.29 is 28.5 Å². The number of amides is 2. The summed E-state index contributed by atoms with van der Waals surface area (Å²) in [4.78, 5) is 26.7. The van der Waals surface area contributed by atoms with E-state index in [1.165, 1.54) is 5.56 Å². The predicted molar refractivity (Wildman–Crippen MR) is 161 cm³/mol. The number of carbonyl (C=O) groups is 2. The second kappa shape index (κ2) is 13.1. The van der Waals surface area contributed by atoms with E-state index in [0.717, 1.165) is 39.0 Å². The first kappa shape index (κ1) is 32.5. The van der Waals surface area contributed by atoms with Gasteiger partial charge in [0.15, 0.2) is 0 Å². The van der Waals surface area contributed by atoms with E-state index >= 15 is 0 Å². The van der Waals surface area contributed by atoms with Gasteiger partial charge in [0.2, 0.25) is 0 Å². The Kier molecular flexibility index (Phi) is 10.1. The third-order valence-corrected chi connectivity index (χ3v) is 8.69. The first-order chi connectivity index (χ1) is 19.7. The Balaban J connectivity index is 0.000000208. The summed E-state index contributed by atoms with van der Waals surface area (Å²) < 4.78 is 22.0. The van der Waals surface area contributed by atoms with Crippen molar-refractivity contribution in [2.45, 2.75) is 89.6 Å². The zero-order chi connectivity index (χ0) is 30.6. The van der Waals surface area contributed by atoms with Crippen LogP contribution in [0.25, 0.3) is 0 Å². The van der Waals surface area contributed by atoms with Crippen LogP contribution in [0.1, 0.15) is 72.9 Å². The van der Waals surface area contributed by atoms with E-state index in [2.05, 4.69) is 52.0 Å². The summed E-state index contributed by atoms with van der Waals surface area (Å²) >= 11 is 0. The maximum Gasteiger partial charge on any atom is 0.408 e. The highest BCUT2D eigenvalue weighted by Crippen LogP contribution is 2.38. The molecule has 42 heavy (non-hydrogen) atoms. The van der Waals surface area contributed by atoms with Crippen molar-refractivity contribution >= 4 is 12.2 Å². The van der Waals surface area contributed by atoms with E-state index in [4.69, 9.17) is 18.9 Å². The fourth-order valence-corrected chi connectivity index (χ4v) is 6.45. The van der Waals surface area contributed by atoms with Gasteiger partial charge < -0.3 is 34.9 Å². The molecule has 1 aromatic carbocycles. The van der Waals surface area contributed by atoms with Crippen LogP contribution in [0.2, 0.25) is 0 Å². The molecule has 0 radical (unpaired) electrons. The lowest BCUT2D eigenvalue weighted by atomic mass is 9.83. The molecule has 5 rings (SSSR count). The Hall–Kier alpha value is -2.40. The predicted octanol–water partition coefficient (Wildman–Crippen LogP) is 4.25. The van der Waals surface area contributed by atoms with Gasteiger partial charge in [0.25, 0.3) is 0 Å². The summed E-state index contributed by atoms with van der Waals surface area (Å²) in [5, 5.41) is 9.57. The number of alkyl carbamates (subject to hydrolysis) is 2. The van der Waals surface area contributed by atoms with Gasteiger partial charge in [-0.15, -0.1) is 0 Å². The lowest BCUT2D eigenvalue weighted by molar-refractivity contribution is -0.00241. The molecule has 3 N–H and O–H groups in total. The highest BCUT2D eigenvalue weighted by atomic mass is 16.6. The minimum atomic E-state index is -0.489. The van der Waals surface area contributed by atoms with E-state index in [1.807, 2.05) is 47.6 Å². The number of nitrogens with zero attached hydrogens (tertiary/aromatic N) is 1. The minimum absolute atomic E-state index is 0.180. The van der Waals surface area contributed by atoms with Gasteiger partial charge in [-0.3, -0.25) is 4.90 Å². The zero-order valence-corrected chi connectivity index (χ0v) is 26.6. The fourth-order valence-electron chi connectivity index (χ4n) is 6.45. The molecule has 0 spiro atoms. The average molecular weight is 589 g/mol. The molecule has 4 aliphatic rings. The number of ether oxygens (including phenoxy) is 4. The number of hydrogen-bond donors (Lipinski definition) is 3. The number of hydrogen-bond acceptors (Lipinski definition) is 8. The Morgan fingerprint density at radius 3 is 2.05 bits per heavy atom. The van der Waals surface area contributed by atoms with Crippen molar-refractivity contribution in [3.63, 3.8) is 0 Å². The van der Waals surface area contributed by atoms with Gasteiger partial charge in [-0.1, -0.05) is 30.3 Å². The quantitative estimate of drug-likeness (QED) is 0.479. The molecule has 4 aliphatic heterocycles. The molecule has 10 heteroatoms. The Bertz CT molecular complexity index is 1060. The van der Waals surface area contributed by atoms with Gasteiger partial charge in [0.05, 0.1) is 24.3 Å². The molecule has 0 unspecified atom stereocenters. The summed E-state index contributed by atoms with van der Waals surface area (Å²) in [6.07, 6.45) is 1.03. The van der Waals surface area contributed by atoms with Gasteiger partial charge in [-0.2, -0.15) is 0 Å². The van der Waals surface area contributed by atoms with Crippen LogP contribution in [-0.2, 0) is 18.9 Å². The summed E-state index contributed by atoms with van der Waals surface area (Å²) in [6, 6.07) is 10.8. The minimum Gasteiger partial charge on any atom is -0.444 e. The maximum atomic E-state index is 12.4. The molecular formula is C32H52N4O6. The molecule has 0 aromatic heterocycles. The number of likely N-dealkylation sites (tertiary alicyclic amines) is 1. The summed E-state index contributed by atoms with van der Waals surface area (Å²) in [5.74, 6) is 0.642. The number of rotatable bonds is 4. The molecule has 0 aliphatic carbocycles. The second-order valence-corrected chi connectivity index (χ2v) is 14.3. The number of nitrogens with one attached hydrogen (secondary N) is 3. The van der Waals surface area contributed by atoms with E-state index in [9.17, 15) is 9.59 Å². The van der Waals surface area contributed by atoms with Crippen LogP contribution in [0.5, 0.6) is 0 Å². The monoisotopic (exact) mass is 588 g/mol. The van der Waals surface area contributed by atoms with Crippen molar-refractivity contribution in [3.05, 3.63) is 35.9 Å². The van der Waals surface area contributed by atoms with Crippen LogP contribution < -0.4 is 16.0 Å². The molecule has 4 saturated heterocycles. The Morgan fingerprint density at radius 1 is 0.905 bits per heavy atom. The largest absolute Gasteiger partial charge is 0.444 e. The molecule has 5 atom stereocenters. The first-order valence-corrected chi connectivity index (χ1v) is 15.4. The third kappa shape index (κ3) is 8.36. The van der Waals surface area contributed by atoms with Gasteiger partial charge in [-0.25, -0.2) is 9.59 Å². The average Bonchev–Trinajstić information content (AvgIpc) is 3.48. The summed E-state index contributed by atoms with van der Waals surface area (Å²) in [7, 11) is 0. The molecule has 4 heterocycles. The van der Waals surface area contributed by atoms with E-state index < -0.39 is 11.2 Å². The SMILES string of the molecule is CC(C)(C)OC(=O)N[C@@]12CCOC[C@H]1CNC2.C[C@H](c1ccccc1)N1C[C@@H]2COCC[C@@]2(NC(=O)OC(C)(C)C)C1. The van der Waals surface area contributed by atoms with Crippen LogP contribution in [0.4, 0.5) is 9.59 Å². The number of carbonyl (C=O) groups excluding carboxylic acids is 2. The zero-order valence-electron chi connectivity index (χ0n) is 26.6. The maximum absolute atomic E-state index is 12.4. The van der Waals surface area contributed by atoms with Crippen molar-refractivity contribution in [1.29, 1.82) is 0 Å². The standard InChI is InChI=1S/C20H30N2O3.C12H22N2O3/c1-15(16-8-6-5-7-9-16)22-12-17-13-24-11-10-20(17,14-22)21-18(23)25-19(2,3)4;1-11(2,3)17-10(15)14-12-4-5-16-7-9(12)6-13-8-12/h5-9,15,17H,10-14H2,1-4H3,(H,21,23);9,13H,4-8H2,1-3H3,(H,14,15)/t15-,17-,20-;9-,12-/m11/s1. The molecule has 0 bridgehead atoms. The van der Waals surface area contributed by atoms with Crippen LogP contribution in [0.15, 0.2) is 30.3 Å². The second-order valence-electron chi connectivity index (χ2n) is 14.3. The van der Waals surface area contributed by atoms with Crippen LogP contribution in [0.3, 0.4) is 0 Å². The molecule has 10 nitrogen and oxygen atoms in total. The molecule has 2 amide bonds. The Morgan fingerprint density at radius 2 is 1.45 bits per heavy atom. The van der Waals surface area contributed by atoms with Crippen molar-refractivity contribution in [3.8, 4) is 0 Å². The van der Waals surface area contributed by atoms with E-state index in [0.29, 0.717) is 44.3 Å². The molecule has 4 fully saturated rings. The van der Waals surface area contributed by atoms with Gasteiger partial charge >= 0.3 is 12.2 Å². The first-order valence-electron chi connectivity index (χ1n) is 15.4. The van der Waals surface area contributed by atoms with E-state index in [-0.39, 0.29) is 23.3 Å². The summed E-state index contributed by atoms with van der Waals surface area (Å²) in [6.45, 7) is 19.8. The lowest BCUT2D eigenvalue weighted by Crippen LogP contribution is -2.58. The topological polar surface area (TPSA) is 110 Å². The highest BCUT2D eigenvalue weighted by molar-refractivity contribution is 5.69. The van der Waals surface area contributed by atoms with Crippen molar-refractivity contribution in [2.75, 3.05) is 52.6 Å². The van der Waals surface area contributed by atoms with Crippen molar-refractivity contribution in [1.82, 2.24) is 20.9 Å². The molecular weight excluding hydrogens is 536 g/mol. The van der Waals surface area contributed by atoms with Crippen LogP contribution in [0, 0.1) is 11.8 Å². The van der Waals surface area contributed by atoms with Crippen LogP contribution >= 0.6 is 0 Å².